The number of ether oxygens (including phenoxy) is 1. The van der Waals surface area contributed by atoms with Gasteiger partial charge in [-0.15, -0.1) is 0 Å². The highest BCUT2D eigenvalue weighted by Gasteiger charge is 2.41. The number of hydrogen-bond acceptors (Lipinski definition) is 5. The molecule has 9 rings (SSSR count). The average Bonchev–Trinajstić information content (AvgIpc) is 3.52. The molecule has 2 N–H and O–H groups in total. The number of carbonyl (C=O) groups is 2. The van der Waals surface area contributed by atoms with Crippen molar-refractivity contribution in [2.45, 2.75) is 91.5 Å². The highest BCUT2D eigenvalue weighted by atomic mass is 28.3. The second kappa shape index (κ2) is 24.8. The molecule has 398 valence electrons. The number of rotatable bonds is 23. The Labute approximate surface area is 464 Å². The number of aryl methyl sites for hydroxylation is 1. The Balaban J connectivity index is 1.15. The van der Waals surface area contributed by atoms with Gasteiger partial charge in [-0.1, -0.05) is 148 Å². The van der Waals surface area contributed by atoms with Gasteiger partial charge in [0.1, 0.15) is 20.9 Å². The predicted octanol–water partition coefficient (Wildman–Crippen LogP) is 14.2. The molecule has 7 aromatic rings. The lowest BCUT2D eigenvalue weighted by atomic mass is 9.86. The molecule has 0 bridgehead atoms. The minimum atomic E-state index is -2.33. The summed E-state index contributed by atoms with van der Waals surface area (Å²) < 4.78 is 8.76. The van der Waals surface area contributed by atoms with Crippen LogP contribution in [0.15, 0.2) is 193 Å². The third-order valence-corrected chi connectivity index (χ3v) is 19.4. The SMILES string of the molecule is C=C(C)C(=O)CCCCCCc1c2ccccc2c(CNCCCNC(=O)C(=C)C)c2ccc(-c3ccc(OC)c(C4=C5C=CC(=[N+](C)Cc6ccccc6)C=C5[Si](C)(C)c5cc(N(C)Cc6ccccc6)ccc54)c3)cc12. The van der Waals surface area contributed by atoms with E-state index < -0.39 is 8.07 Å². The number of anilines is 1. The van der Waals surface area contributed by atoms with Gasteiger partial charge in [0, 0.05) is 67.6 Å². The highest BCUT2D eigenvalue weighted by molar-refractivity contribution is 6.98. The van der Waals surface area contributed by atoms with E-state index in [4.69, 9.17) is 4.74 Å². The molecule has 1 amide bonds. The molecular formula is C70H77N4O3Si+. The molecule has 2 aliphatic rings. The van der Waals surface area contributed by atoms with Crippen molar-refractivity contribution in [2.24, 2.45) is 0 Å². The Hall–Kier alpha value is -7.65. The molecule has 0 atom stereocenters. The van der Waals surface area contributed by atoms with E-state index in [-0.39, 0.29) is 11.7 Å². The van der Waals surface area contributed by atoms with Crippen molar-refractivity contribution >= 4 is 63.5 Å². The van der Waals surface area contributed by atoms with Crippen LogP contribution in [0.5, 0.6) is 5.75 Å². The topological polar surface area (TPSA) is 73.7 Å². The van der Waals surface area contributed by atoms with E-state index in [0.29, 0.717) is 30.7 Å². The first-order chi connectivity index (χ1) is 37.7. The lowest BCUT2D eigenvalue weighted by Crippen LogP contribution is -2.49. The van der Waals surface area contributed by atoms with Gasteiger partial charge >= 0.3 is 0 Å². The number of carbonyl (C=O) groups excluding carboxylic acids is 2. The summed E-state index contributed by atoms with van der Waals surface area (Å²) in [6, 6.07) is 51.3. The van der Waals surface area contributed by atoms with Gasteiger partial charge in [0.15, 0.2) is 18.0 Å². The molecule has 0 fully saturated rings. The zero-order valence-electron chi connectivity index (χ0n) is 47.0. The van der Waals surface area contributed by atoms with Gasteiger partial charge in [-0.2, -0.15) is 0 Å². The third kappa shape index (κ3) is 12.2. The van der Waals surface area contributed by atoms with E-state index in [0.717, 1.165) is 80.6 Å². The molecule has 7 aromatic carbocycles. The molecule has 0 aromatic heterocycles. The quantitative estimate of drug-likeness (QED) is 0.0220. The number of Topliss-reactive ketones (excluding diaryl/α,β-unsaturated/α-hetero) is 1. The second-order valence-corrected chi connectivity index (χ2v) is 26.3. The van der Waals surface area contributed by atoms with E-state index in [1.165, 1.54) is 82.3 Å². The smallest absolute Gasteiger partial charge is 0.246 e. The number of hydrogen-bond donors (Lipinski definition) is 2. The van der Waals surface area contributed by atoms with Gasteiger partial charge in [0.25, 0.3) is 0 Å². The van der Waals surface area contributed by atoms with Gasteiger partial charge in [0.05, 0.1) is 7.11 Å². The zero-order chi connectivity index (χ0) is 54.9. The van der Waals surface area contributed by atoms with Gasteiger partial charge < -0.3 is 20.3 Å². The number of allylic oxidation sites excluding steroid dienone is 6. The van der Waals surface area contributed by atoms with E-state index in [2.05, 4.69) is 218 Å². The summed E-state index contributed by atoms with van der Waals surface area (Å²) in [5.41, 5.74) is 15.9. The van der Waals surface area contributed by atoms with Crippen LogP contribution in [0.1, 0.15) is 85.8 Å². The molecule has 0 spiro atoms. The van der Waals surface area contributed by atoms with Crippen molar-refractivity contribution in [1.82, 2.24) is 10.6 Å². The van der Waals surface area contributed by atoms with E-state index in [9.17, 15) is 9.59 Å². The molecule has 8 heteroatoms. The Morgan fingerprint density at radius 3 is 2.05 bits per heavy atom. The molecule has 1 aliphatic carbocycles. The minimum absolute atomic E-state index is 0.103. The normalized spacial score (nSPS) is 14.2. The average molecular weight is 1050 g/mol. The van der Waals surface area contributed by atoms with Crippen molar-refractivity contribution in [3.8, 4) is 16.9 Å². The summed E-state index contributed by atoms with van der Waals surface area (Å²) in [7, 11) is 3.88. The number of benzene rings is 7. The van der Waals surface area contributed by atoms with Gasteiger partial charge in [-0.3, -0.25) is 9.59 Å². The van der Waals surface area contributed by atoms with Crippen molar-refractivity contribution in [2.75, 3.05) is 39.2 Å². The molecule has 1 aliphatic heterocycles. The van der Waals surface area contributed by atoms with Gasteiger partial charge in [0.2, 0.25) is 5.91 Å². The molecule has 1 heterocycles. The summed E-state index contributed by atoms with van der Waals surface area (Å²) in [6.45, 7) is 19.9. The molecule has 7 nitrogen and oxygen atoms in total. The standard InChI is InChI=1S/C70H76N4O3Si/c1-48(2)65(75)30-19-11-10-18-27-57-56-28-20-21-29-58(56)64(45-71-39-22-40-72-70(76)49(3)4)59-35-31-52(41-62(57)59)53-32-38-66(77-7)63(42-53)69-60-36-33-54(73(5)46-50-23-14-12-15-24-50)43-67(60)78(8,9)68-44-55(34-37-61(68)69)74(6)47-51-25-16-13-17-26-51/h12-17,20-21,23-26,28-29,31-38,41-44,71H,1,3,10-11,18-19,22,27,30,39-40,45-47H2,2,4-9H3/p+1. The Morgan fingerprint density at radius 2 is 1.33 bits per heavy atom. The Kier molecular flexibility index (Phi) is 17.5. The molecule has 0 unspecified atom stereocenters. The first-order valence-corrected chi connectivity index (χ1v) is 30.9. The number of unbranched alkanes of at least 4 members (excludes halogenated alkanes) is 3. The predicted molar refractivity (Wildman–Crippen MR) is 331 cm³/mol. The van der Waals surface area contributed by atoms with Crippen molar-refractivity contribution in [1.29, 1.82) is 0 Å². The second-order valence-electron chi connectivity index (χ2n) is 22.0. The van der Waals surface area contributed by atoms with Crippen LogP contribution >= 0.6 is 0 Å². The summed E-state index contributed by atoms with van der Waals surface area (Å²) in [4.78, 5) is 26.9. The van der Waals surface area contributed by atoms with E-state index in [1.807, 2.05) is 6.92 Å². The van der Waals surface area contributed by atoms with Crippen LogP contribution in [0.3, 0.4) is 0 Å². The highest BCUT2D eigenvalue weighted by Crippen LogP contribution is 2.46. The number of nitrogens with zero attached hydrogens (tertiary/aromatic N) is 2. The van der Waals surface area contributed by atoms with Crippen molar-refractivity contribution in [3.05, 3.63) is 226 Å². The van der Waals surface area contributed by atoms with Crippen LogP contribution in [0.25, 0.3) is 38.2 Å². The number of amides is 1. The zero-order valence-corrected chi connectivity index (χ0v) is 48.0. The largest absolute Gasteiger partial charge is 0.496 e. The lowest BCUT2D eigenvalue weighted by Gasteiger charge is -2.38. The summed E-state index contributed by atoms with van der Waals surface area (Å²) in [6.07, 6.45) is 13.4. The number of fused-ring (bicyclic) bond motifs is 4. The summed E-state index contributed by atoms with van der Waals surface area (Å²) in [5.74, 6) is 0.900. The minimum Gasteiger partial charge on any atom is -0.496 e. The molecular weight excluding hydrogens is 973 g/mol. The summed E-state index contributed by atoms with van der Waals surface area (Å²) >= 11 is 0. The molecule has 78 heavy (non-hydrogen) atoms. The number of methoxy groups -OCH3 is 1. The van der Waals surface area contributed by atoms with Crippen molar-refractivity contribution in [3.63, 3.8) is 0 Å². The van der Waals surface area contributed by atoms with Gasteiger partial charge in [-0.25, -0.2) is 4.58 Å². The fourth-order valence-electron chi connectivity index (χ4n) is 11.5. The third-order valence-electron chi connectivity index (χ3n) is 15.9. The van der Waals surface area contributed by atoms with Crippen LogP contribution in [0.2, 0.25) is 13.1 Å². The maximum atomic E-state index is 12.4. The van der Waals surface area contributed by atoms with E-state index in [1.54, 1.807) is 14.0 Å². The van der Waals surface area contributed by atoms with Crippen molar-refractivity contribution < 1.29 is 18.9 Å². The Bertz CT molecular complexity index is 3550. The first kappa shape index (κ1) is 55.1. The fraction of sp³-hybridized carbons (Fsp3) is 0.271. The number of nitrogens with one attached hydrogen (secondary N) is 2. The van der Waals surface area contributed by atoms with Crippen LogP contribution in [-0.4, -0.2) is 64.3 Å². The molecule has 0 saturated carbocycles. The van der Waals surface area contributed by atoms with Crippen LogP contribution < -0.4 is 25.5 Å². The van der Waals surface area contributed by atoms with Crippen LogP contribution in [-0.2, 0) is 35.6 Å². The van der Waals surface area contributed by atoms with Crippen LogP contribution in [0, 0.1) is 0 Å². The molecule has 0 saturated heterocycles. The lowest BCUT2D eigenvalue weighted by molar-refractivity contribution is -0.512. The maximum absolute atomic E-state index is 12.4. The van der Waals surface area contributed by atoms with Gasteiger partial charge in [-0.05, 0) is 165 Å². The van der Waals surface area contributed by atoms with E-state index >= 15 is 0 Å². The number of ketones is 1. The molecule has 0 radical (unpaired) electrons. The maximum Gasteiger partial charge on any atom is 0.246 e. The fourth-order valence-corrected chi connectivity index (χ4v) is 14.6. The first-order valence-electron chi connectivity index (χ1n) is 27.9. The van der Waals surface area contributed by atoms with Crippen LogP contribution in [0.4, 0.5) is 5.69 Å². The Morgan fingerprint density at radius 1 is 0.667 bits per heavy atom. The monoisotopic (exact) mass is 1050 g/mol. The summed E-state index contributed by atoms with van der Waals surface area (Å²) in [5, 5.41) is 14.6.